The molecule has 0 spiro atoms. The Bertz CT molecular complexity index is 512. The molecule has 1 saturated heterocycles. The number of hydrogen-bond donors (Lipinski definition) is 2. The van der Waals surface area contributed by atoms with Crippen molar-refractivity contribution in [3.05, 3.63) is 10.6 Å². The Morgan fingerprint density at radius 2 is 2.05 bits per heavy atom. The van der Waals surface area contributed by atoms with Crippen LogP contribution >= 0.6 is 23.7 Å². The van der Waals surface area contributed by atoms with Crippen molar-refractivity contribution < 1.29 is 9.59 Å². The number of thiazole rings is 1. The van der Waals surface area contributed by atoms with Crippen molar-refractivity contribution in [1.29, 1.82) is 0 Å². The van der Waals surface area contributed by atoms with Gasteiger partial charge in [-0.05, 0) is 38.8 Å². The molecule has 0 unspecified atom stereocenters. The number of ketones is 1. The number of nitrogens with one attached hydrogen (secondary N) is 2. The highest BCUT2D eigenvalue weighted by molar-refractivity contribution is 7.17. The van der Waals surface area contributed by atoms with Crippen LogP contribution in [0, 0.1) is 5.92 Å². The van der Waals surface area contributed by atoms with Crippen LogP contribution in [0.15, 0.2) is 0 Å². The van der Waals surface area contributed by atoms with Gasteiger partial charge in [0.25, 0.3) is 0 Å². The number of fused-ring (bicyclic) bond motifs is 1. The molecule has 1 aromatic rings. The molecular formula is C13H18ClN3O2S. The molecule has 0 radical (unpaired) electrons. The van der Waals surface area contributed by atoms with Gasteiger partial charge in [0.15, 0.2) is 10.9 Å². The number of rotatable bonds is 2. The maximum absolute atomic E-state index is 12.1. The molecule has 1 aromatic heterocycles. The number of aryl methyl sites for hydroxylation is 1. The molecule has 7 heteroatoms. The lowest BCUT2D eigenvalue weighted by Crippen LogP contribution is -2.34. The lowest BCUT2D eigenvalue weighted by Gasteiger charge is -2.20. The molecule has 1 aliphatic heterocycles. The highest BCUT2D eigenvalue weighted by Crippen LogP contribution is 2.30. The van der Waals surface area contributed by atoms with E-state index >= 15 is 0 Å². The molecule has 1 fully saturated rings. The van der Waals surface area contributed by atoms with Gasteiger partial charge < -0.3 is 10.6 Å². The highest BCUT2D eigenvalue weighted by Gasteiger charge is 2.25. The summed E-state index contributed by atoms with van der Waals surface area (Å²) in [6.07, 6.45) is 4.07. The number of aromatic nitrogens is 1. The predicted octanol–water partition coefficient (Wildman–Crippen LogP) is 2.02. The zero-order valence-corrected chi connectivity index (χ0v) is 12.7. The lowest BCUT2D eigenvalue weighted by molar-refractivity contribution is -0.120. The summed E-state index contributed by atoms with van der Waals surface area (Å²) in [7, 11) is 0. The van der Waals surface area contributed by atoms with Crippen LogP contribution in [0.2, 0.25) is 0 Å². The minimum Gasteiger partial charge on any atom is -0.317 e. The van der Waals surface area contributed by atoms with E-state index in [1.165, 1.54) is 11.3 Å². The monoisotopic (exact) mass is 315 g/mol. The van der Waals surface area contributed by atoms with Gasteiger partial charge in [-0.1, -0.05) is 11.3 Å². The number of nitrogens with zero attached hydrogens (tertiary/aromatic N) is 1. The Balaban J connectivity index is 0.00000147. The van der Waals surface area contributed by atoms with Crippen molar-refractivity contribution in [2.24, 2.45) is 5.92 Å². The Morgan fingerprint density at radius 1 is 1.30 bits per heavy atom. The molecule has 2 aliphatic rings. The Morgan fingerprint density at radius 3 is 2.75 bits per heavy atom. The first kappa shape index (κ1) is 15.4. The lowest BCUT2D eigenvalue weighted by atomic mass is 9.97. The second kappa shape index (κ2) is 6.65. The smallest absolute Gasteiger partial charge is 0.229 e. The van der Waals surface area contributed by atoms with E-state index in [1.807, 2.05) is 0 Å². The first-order valence-electron chi connectivity index (χ1n) is 6.78. The number of hydrogen-bond acceptors (Lipinski definition) is 5. The Hall–Kier alpha value is -0.980. The van der Waals surface area contributed by atoms with Gasteiger partial charge in [0, 0.05) is 12.3 Å². The van der Waals surface area contributed by atoms with Crippen molar-refractivity contribution in [3.8, 4) is 0 Å². The second-order valence-corrected chi connectivity index (χ2v) is 6.08. The maximum Gasteiger partial charge on any atom is 0.229 e. The molecule has 5 nitrogen and oxygen atoms in total. The van der Waals surface area contributed by atoms with Crippen LogP contribution in [0.3, 0.4) is 0 Å². The van der Waals surface area contributed by atoms with Crippen molar-refractivity contribution in [1.82, 2.24) is 10.3 Å². The maximum atomic E-state index is 12.1. The van der Waals surface area contributed by atoms with E-state index in [0.29, 0.717) is 11.6 Å². The number of halogens is 1. The van der Waals surface area contributed by atoms with Gasteiger partial charge in [-0.3, -0.25) is 9.59 Å². The van der Waals surface area contributed by atoms with Gasteiger partial charge >= 0.3 is 0 Å². The minimum atomic E-state index is 0. The third-order valence-electron chi connectivity index (χ3n) is 3.71. The van der Waals surface area contributed by atoms with Crippen LogP contribution in [-0.4, -0.2) is 29.8 Å². The Kier molecular flexibility index (Phi) is 5.12. The van der Waals surface area contributed by atoms with E-state index in [0.717, 1.165) is 49.3 Å². The predicted molar refractivity (Wildman–Crippen MR) is 80.9 cm³/mol. The van der Waals surface area contributed by atoms with Crippen molar-refractivity contribution in [2.75, 3.05) is 18.4 Å². The minimum absolute atomic E-state index is 0. The van der Waals surface area contributed by atoms with Crippen LogP contribution in [-0.2, 0) is 11.2 Å². The summed E-state index contributed by atoms with van der Waals surface area (Å²) < 4.78 is 0. The first-order valence-corrected chi connectivity index (χ1v) is 7.60. The van der Waals surface area contributed by atoms with E-state index in [2.05, 4.69) is 15.6 Å². The summed E-state index contributed by atoms with van der Waals surface area (Å²) in [5.74, 6) is 0.277. The van der Waals surface area contributed by atoms with Gasteiger partial charge in [0.1, 0.15) is 0 Å². The highest BCUT2D eigenvalue weighted by atomic mass is 35.5. The molecule has 0 bridgehead atoms. The van der Waals surface area contributed by atoms with E-state index in [1.54, 1.807) is 0 Å². The normalized spacial score (nSPS) is 19.1. The third kappa shape index (κ3) is 3.19. The summed E-state index contributed by atoms with van der Waals surface area (Å²) in [5, 5.41) is 6.71. The van der Waals surface area contributed by atoms with E-state index in [9.17, 15) is 9.59 Å². The van der Waals surface area contributed by atoms with Gasteiger partial charge in [-0.25, -0.2) is 4.98 Å². The fourth-order valence-corrected chi connectivity index (χ4v) is 3.60. The number of Topliss-reactive ketones (excluding diaryl/α,β-unsaturated/α-hetero) is 1. The molecule has 0 saturated carbocycles. The zero-order chi connectivity index (χ0) is 13.2. The molecule has 1 amide bonds. The molecular weight excluding hydrogens is 298 g/mol. The molecule has 110 valence electrons. The number of carbonyl (C=O) groups excluding carboxylic acids is 2. The molecule has 0 atom stereocenters. The van der Waals surface area contributed by atoms with Crippen LogP contribution in [0.5, 0.6) is 0 Å². The quantitative estimate of drug-likeness (QED) is 0.876. The average molecular weight is 316 g/mol. The van der Waals surface area contributed by atoms with Crippen LogP contribution < -0.4 is 10.6 Å². The van der Waals surface area contributed by atoms with E-state index < -0.39 is 0 Å². The van der Waals surface area contributed by atoms with Gasteiger partial charge in [-0.2, -0.15) is 0 Å². The average Bonchev–Trinajstić information content (AvgIpc) is 2.84. The number of anilines is 1. The molecule has 2 heterocycles. The third-order valence-corrected chi connectivity index (χ3v) is 4.76. The van der Waals surface area contributed by atoms with Gasteiger partial charge in [0.05, 0.1) is 10.6 Å². The fourth-order valence-electron chi connectivity index (χ4n) is 2.61. The Labute approximate surface area is 128 Å². The summed E-state index contributed by atoms with van der Waals surface area (Å²) in [6, 6.07) is 0. The SMILES string of the molecule is Cl.O=C1CCCc2nc(NC(=O)C3CCNCC3)sc21. The van der Waals surface area contributed by atoms with Crippen molar-refractivity contribution in [3.63, 3.8) is 0 Å². The van der Waals surface area contributed by atoms with E-state index in [-0.39, 0.29) is 30.0 Å². The summed E-state index contributed by atoms with van der Waals surface area (Å²) >= 11 is 1.33. The summed E-state index contributed by atoms with van der Waals surface area (Å²) in [6.45, 7) is 1.79. The molecule has 20 heavy (non-hydrogen) atoms. The summed E-state index contributed by atoms with van der Waals surface area (Å²) in [4.78, 5) is 29.0. The van der Waals surface area contributed by atoms with Gasteiger partial charge in [0.2, 0.25) is 5.91 Å². The van der Waals surface area contributed by atoms with Crippen LogP contribution in [0.1, 0.15) is 41.0 Å². The molecule has 2 N–H and O–H groups in total. The molecule has 0 aromatic carbocycles. The largest absolute Gasteiger partial charge is 0.317 e. The van der Waals surface area contributed by atoms with Gasteiger partial charge in [-0.15, -0.1) is 12.4 Å². The first-order chi connectivity index (χ1) is 9.24. The second-order valence-electron chi connectivity index (χ2n) is 5.09. The number of carbonyl (C=O) groups is 2. The molecule has 1 aliphatic carbocycles. The number of amides is 1. The number of piperidine rings is 1. The van der Waals surface area contributed by atoms with E-state index in [4.69, 9.17) is 0 Å². The summed E-state index contributed by atoms with van der Waals surface area (Å²) in [5.41, 5.74) is 0.863. The van der Waals surface area contributed by atoms with Crippen molar-refractivity contribution in [2.45, 2.75) is 32.1 Å². The molecule has 3 rings (SSSR count). The van der Waals surface area contributed by atoms with Crippen LogP contribution in [0.4, 0.5) is 5.13 Å². The topological polar surface area (TPSA) is 71.1 Å². The standard InChI is InChI=1S/C13H17N3O2S.ClH/c17-10-3-1-2-9-11(10)19-13(15-9)16-12(18)8-4-6-14-7-5-8;/h8,14H,1-7H2,(H,15,16,18);1H. The zero-order valence-electron chi connectivity index (χ0n) is 11.1. The van der Waals surface area contributed by atoms with Crippen LogP contribution in [0.25, 0.3) is 0 Å². The fraction of sp³-hybridized carbons (Fsp3) is 0.615. The van der Waals surface area contributed by atoms with Crippen molar-refractivity contribution >= 4 is 40.6 Å².